The van der Waals surface area contributed by atoms with Gasteiger partial charge in [-0.2, -0.15) is 10.1 Å². The molecule has 0 aliphatic heterocycles. The van der Waals surface area contributed by atoms with Crippen molar-refractivity contribution in [2.45, 2.75) is 0 Å². The summed E-state index contributed by atoms with van der Waals surface area (Å²) in [6.07, 6.45) is 3.46. The van der Waals surface area contributed by atoms with Crippen LogP contribution in [0.3, 0.4) is 0 Å². The molecular weight excluding hydrogens is 309 g/mol. The average Bonchev–Trinajstić information content (AvgIpc) is 3.12. The molecule has 0 aliphatic carbocycles. The second-order valence-corrected chi connectivity index (χ2v) is 5.42. The Morgan fingerprint density at radius 2 is 2.00 bits per heavy atom. The number of hydrogen-bond donors (Lipinski definition) is 0. The van der Waals surface area contributed by atoms with Crippen molar-refractivity contribution >= 4 is 11.2 Å². The van der Waals surface area contributed by atoms with E-state index in [1.807, 2.05) is 6.07 Å². The Hall–Kier alpha value is -3.22. The number of imidazole rings is 1. The maximum absolute atomic E-state index is 14.4. The van der Waals surface area contributed by atoms with Gasteiger partial charge in [-0.15, -0.1) is 0 Å². The first-order valence-corrected chi connectivity index (χ1v) is 7.37. The van der Waals surface area contributed by atoms with Crippen LogP contribution in [0.1, 0.15) is 0 Å². The highest BCUT2D eigenvalue weighted by Crippen LogP contribution is 2.28. The molecule has 0 amide bonds. The van der Waals surface area contributed by atoms with Crippen molar-refractivity contribution < 1.29 is 9.13 Å². The molecule has 120 valence electrons. The summed E-state index contributed by atoms with van der Waals surface area (Å²) in [5.74, 6) is -0.0336. The number of aromatic nitrogens is 5. The molecule has 6 nitrogen and oxygen atoms in total. The number of nitrogens with zero attached hydrogens (tertiary/aromatic N) is 5. The number of halogens is 1. The van der Waals surface area contributed by atoms with Crippen LogP contribution < -0.4 is 4.74 Å². The lowest BCUT2D eigenvalue weighted by Crippen LogP contribution is -1.96. The van der Waals surface area contributed by atoms with Crippen molar-refractivity contribution in [3.63, 3.8) is 0 Å². The largest absolute Gasteiger partial charge is 0.425 e. The van der Waals surface area contributed by atoms with Gasteiger partial charge in [0.15, 0.2) is 5.65 Å². The van der Waals surface area contributed by atoms with Crippen molar-refractivity contribution in [2.24, 2.45) is 14.1 Å². The second-order valence-electron chi connectivity index (χ2n) is 5.42. The van der Waals surface area contributed by atoms with Crippen LogP contribution in [0.2, 0.25) is 0 Å². The van der Waals surface area contributed by atoms with Crippen molar-refractivity contribution in [1.29, 1.82) is 0 Å². The van der Waals surface area contributed by atoms with E-state index in [9.17, 15) is 4.39 Å². The Balaban J connectivity index is 1.67. The molecule has 0 N–H and O–H groups in total. The molecule has 3 heterocycles. The van der Waals surface area contributed by atoms with E-state index in [2.05, 4.69) is 15.1 Å². The number of fused-ring (bicyclic) bond motifs is 1. The Bertz CT molecular complexity index is 1040. The number of rotatable bonds is 3. The fourth-order valence-corrected chi connectivity index (χ4v) is 2.53. The first kappa shape index (κ1) is 14.4. The van der Waals surface area contributed by atoms with E-state index in [0.717, 1.165) is 5.52 Å². The first-order chi connectivity index (χ1) is 11.6. The minimum atomic E-state index is -0.400. The van der Waals surface area contributed by atoms with Crippen molar-refractivity contribution in [3.05, 3.63) is 54.6 Å². The summed E-state index contributed by atoms with van der Waals surface area (Å²) in [6, 6.07) is 10.4. The number of aryl methyl sites for hydroxylation is 2. The molecule has 0 fully saturated rings. The van der Waals surface area contributed by atoms with Crippen LogP contribution in [0.5, 0.6) is 11.8 Å². The lowest BCUT2D eigenvalue weighted by atomic mass is 10.1. The molecule has 7 heteroatoms. The van der Waals surface area contributed by atoms with Gasteiger partial charge >= 0.3 is 6.01 Å². The van der Waals surface area contributed by atoms with Gasteiger partial charge in [0.1, 0.15) is 17.1 Å². The minimum absolute atomic E-state index is 0.355. The number of pyridine rings is 1. The quantitative estimate of drug-likeness (QED) is 0.580. The van der Waals surface area contributed by atoms with Crippen LogP contribution in [-0.2, 0) is 14.1 Å². The van der Waals surface area contributed by atoms with E-state index in [-0.39, 0.29) is 0 Å². The van der Waals surface area contributed by atoms with E-state index in [4.69, 9.17) is 4.74 Å². The summed E-state index contributed by atoms with van der Waals surface area (Å²) < 4.78 is 23.5. The van der Waals surface area contributed by atoms with Crippen LogP contribution in [0.15, 0.2) is 48.8 Å². The normalized spacial score (nSPS) is 11.1. The molecular formula is C17H14FN5O. The third-order valence-electron chi connectivity index (χ3n) is 3.73. The lowest BCUT2D eigenvalue weighted by molar-refractivity contribution is 0.424. The molecule has 4 aromatic rings. The fraction of sp³-hybridized carbons (Fsp3) is 0.118. The molecule has 4 rings (SSSR count). The predicted octanol–water partition coefficient (Wildman–Crippen LogP) is 3.30. The summed E-state index contributed by atoms with van der Waals surface area (Å²) in [4.78, 5) is 8.61. The van der Waals surface area contributed by atoms with Gasteiger partial charge in [-0.05, 0) is 30.3 Å². The summed E-state index contributed by atoms with van der Waals surface area (Å²) in [5.41, 5.74) is 2.43. The highest BCUT2D eigenvalue weighted by Gasteiger charge is 2.13. The molecule has 1 aromatic carbocycles. The summed E-state index contributed by atoms with van der Waals surface area (Å²) >= 11 is 0. The Morgan fingerprint density at radius 3 is 2.71 bits per heavy atom. The predicted molar refractivity (Wildman–Crippen MR) is 87.2 cm³/mol. The van der Waals surface area contributed by atoms with E-state index in [1.54, 1.807) is 60.0 Å². The highest BCUT2D eigenvalue weighted by molar-refractivity contribution is 5.72. The molecule has 0 bridgehead atoms. The van der Waals surface area contributed by atoms with Gasteiger partial charge in [-0.3, -0.25) is 9.25 Å². The third kappa shape index (κ3) is 2.40. The van der Waals surface area contributed by atoms with E-state index >= 15 is 0 Å². The van der Waals surface area contributed by atoms with Gasteiger partial charge in [0.25, 0.3) is 0 Å². The Labute approximate surface area is 137 Å². The standard InChI is InChI=1S/C17H14FN5O/c1-22-9-7-14(21-22)12-6-5-11(10-13(12)18)24-17-20-15-4-3-8-19-16(15)23(17)2/h3-10H,1-2H3. The molecule has 3 aromatic heterocycles. The van der Waals surface area contributed by atoms with Crippen molar-refractivity contribution in [1.82, 2.24) is 24.3 Å². The maximum Gasteiger partial charge on any atom is 0.303 e. The Kier molecular flexibility index (Phi) is 3.26. The van der Waals surface area contributed by atoms with Gasteiger partial charge in [0, 0.05) is 38.1 Å². The minimum Gasteiger partial charge on any atom is -0.425 e. The van der Waals surface area contributed by atoms with Crippen molar-refractivity contribution in [3.8, 4) is 23.0 Å². The molecule has 0 unspecified atom stereocenters. The first-order valence-electron chi connectivity index (χ1n) is 7.37. The van der Waals surface area contributed by atoms with Crippen LogP contribution >= 0.6 is 0 Å². The number of ether oxygens (including phenoxy) is 1. The summed E-state index contributed by atoms with van der Waals surface area (Å²) in [7, 11) is 3.59. The van der Waals surface area contributed by atoms with Crippen LogP contribution in [0, 0.1) is 5.82 Å². The van der Waals surface area contributed by atoms with E-state index in [0.29, 0.717) is 28.7 Å². The van der Waals surface area contributed by atoms with Crippen LogP contribution in [-0.4, -0.2) is 24.3 Å². The average molecular weight is 323 g/mol. The SMILES string of the molecule is Cn1ccc(-c2ccc(Oc3nc4cccnc4n3C)cc2F)n1. The molecule has 0 atom stereocenters. The van der Waals surface area contributed by atoms with Gasteiger partial charge in [0.05, 0.1) is 5.69 Å². The summed E-state index contributed by atoms with van der Waals surface area (Å²) in [5, 5.41) is 4.21. The molecule has 0 saturated heterocycles. The van der Waals surface area contributed by atoms with Gasteiger partial charge in [-0.1, -0.05) is 0 Å². The zero-order valence-corrected chi connectivity index (χ0v) is 13.1. The highest BCUT2D eigenvalue weighted by atomic mass is 19.1. The van der Waals surface area contributed by atoms with E-state index in [1.165, 1.54) is 6.07 Å². The van der Waals surface area contributed by atoms with Gasteiger partial charge < -0.3 is 4.74 Å². The van der Waals surface area contributed by atoms with Crippen LogP contribution in [0.25, 0.3) is 22.4 Å². The second kappa shape index (κ2) is 5.45. The third-order valence-corrected chi connectivity index (χ3v) is 3.73. The monoisotopic (exact) mass is 323 g/mol. The molecule has 0 radical (unpaired) electrons. The zero-order chi connectivity index (χ0) is 16.7. The smallest absolute Gasteiger partial charge is 0.303 e. The topological polar surface area (TPSA) is 57.8 Å². The Morgan fingerprint density at radius 1 is 1.12 bits per heavy atom. The fourth-order valence-electron chi connectivity index (χ4n) is 2.53. The van der Waals surface area contributed by atoms with Gasteiger partial charge in [-0.25, -0.2) is 9.37 Å². The van der Waals surface area contributed by atoms with Crippen molar-refractivity contribution in [2.75, 3.05) is 0 Å². The molecule has 0 spiro atoms. The molecule has 0 aliphatic rings. The van der Waals surface area contributed by atoms with Crippen LogP contribution in [0.4, 0.5) is 4.39 Å². The number of benzene rings is 1. The van der Waals surface area contributed by atoms with E-state index < -0.39 is 5.82 Å². The number of hydrogen-bond acceptors (Lipinski definition) is 4. The zero-order valence-electron chi connectivity index (χ0n) is 13.1. The maximum atomic E-state index is 14.4. The molecule has 0 saturated carbocycles. The molecule has 24 heavy (non-hydrogen) atoms. The lowest BCUT2D eigenvalue weighted by Gasteiger charge is -2.06. The van der Waals surface area contributed by atoms with Gasteiger partial charge in [0.2, 0.25) is 0 Å². The summed E-state index contributed by atoms with van der Waals surface area (Å²) in [6.45, 7) is 0.